The summed E-state index contributed by atoms with van der Waals surface area (Å²) in [4.78, 5) is 13.5. The van der Waals surface area contributed by atoms with E-state index in [2.05, 4.69) is 19.1 Å². The van der Waals surface area contributed by atoms with Crippen molar-refractivity contribution in [1.82, 2.24) is 0 Å². The zero-order valence-corrected chi connectivity index (χ0v) is 12.6. The van der Waals surface area contributed by atoms with Gasteiger partial charge in [-0.05, 0) is 43.2 Å². The molecule has 0 radical (unpaired) electrons. The van der Waals surface area contributed by atoms with Gasteiger partial charge in [-0.25, -0.2) is 0 Å². The molecule has 1 aromatic heterocycles. The number of thiophene rings is 1. The largest absolute Gasteiger partial charge is 0.494 e. The van der Waals surface area contributed by atoms with Crippen molar-refractivity contribution in [2.45, 2.75) is 38.9 Å². The number of fused-ring (bicyclic) bond motifs is 2. The third kappa shape index (κ3) is 2.23. The minimum atomic E-state index is -0.382. The standard InChI is InChI=1S/C16H18O3S/c1-3-8-18-13-4-6-16(7-5-13)15-12(10-19-16)9-14(20-15)11(2)17/h4-6,9H,3,7-8,10H2,1-2H3. The van der Waals surface area contributed by atoms with Gasteiger partial charge in [0.1, 0.15) is 11.4 Å². The molecule has 0 saturated heterocycles. The van der Waals surface area contributed by atoms with E-state index >= 15 is 0 Å². The van der Waals surface area contributed by atoms with E-state index in [0.29, 0.717) is 6.61 Å². The van der Waals surface area contributed by atoms with E-state index in [1.807, 2.05) is 12.1 Å². The molecular weight excluding hydrogens is 272 g/mol. The molecule has 20 heavy (non-hydrogen) atoms. The monoisotopic (exact) mass is 290 g/mol. The van der Waals surface area contributed by atoms with Crippen LogP contribution in [0.1, 0.15) is 46.8 Å². The van der Waals surface area contributed by atoms with Gasteiger partial charge in [-0.3, -0.25) is 4.79 Å². The van der Waals surface area contributed by atoms with Crippen molar-refractivity contribution < 1.29 is 14.3 Å². The van der Waals surface area contributed by atoms with Crippen molar-refractivity contribution in [3.8, 4) is 0 Å². The fourth-order valence-corrected chi connectivity index (χ4v) is 3.74. The highest BCUT2D eigenvalue weighted by Crippen LogP contribution is 2.47. The average Bonchev–Trinajstić information content (AvgIpc) is 3.00. The van der Waals surface area contributed by atoms with Gasteiger partial charge in [-0.2, -0.15) is 0 Å². The Labute approximate surface area is 122 Å². The third-order valence-corrected chi connectivity index (χ3v) is 5.06. The van der Waals surface area contributed by atoms with E-state index in [0.717, 1.165) is 35.6 Å². The molecule has 0 saturated carbocycles. The second-order valence-electron chi connectivity index (χ2n) is 5.19. The normalized spacial score (nSPS) is 23.8. The number of hydrogen-bond donors (Lipinski definition) is 0. The Balaban J connectivity index is 1.83. The molecule has 0 aromatic carbocycles. The molecule has 1 aromatic rings. The van der Waals surface area contributed by atoms with Crippen LogP contribution in [-0.2, 0) is 21.7 Å². The fraction of sp³-hybridized carbons (Fsp3) is 0.438. The molecule has 0 bridgehead atoms. The predicted octanol–water partition coefficient (Wildman–Crippen LogP) is 3.95. The lowest BCUT2D eigenvalue weighted by Gasteiger charge is -2.27. The van der Waals surface area contributed by atoms with E-state index < -0.39 is 0 Å². The minimum absolute atomic E-state index is 0.127. The van der Waals surface area contributed by atoms with E-state index in [1.54, 1.807) is 18.3 Å². The Hall–Kier alpha value is -1.39. The molecule has 0 fully saturated rings. The summed E-state index contributed by atoms with van der Waals surface area (Å²) >= 11 is 1.56. The molecule has 1 atom stereocenters. The van der Waals surface area contributed by atoms with Crippen LogP contribution in [-0.4, -0.2) is 12.4 Å². The summed E-state index contributed by atoms with van der Waals surface area (Å²) in [6.07, 6.45) is 7.92. The summed E-state index contributed by atoms with van der Waals surface area (Å²) in [6, 6.07) is 1.97. The van der Waals surface area contributed by atoms with Crippen molar-refractivity contribution in [2.24, 2.45) is 0 Å². The van der Waals surface area contributed by atoms with Crippen LogP contribution in [0.15, 0.2) is 30.1 Å². The molecule has 2 heterocycles. The van der Waals surface area contributed by atoms with Crippen LogP contribution in [0.2, 0.25) is 0 Å². The summed E-state index contributed by atoms with van der Waals surface area (Å²) in [6.45, 7) is 5.03. The topological polar surface area (TPSA) is 35.5 Å². The third-order valence-electron chi connectivity index (χ3n) is 3.62. The Bertz CT molecular complexity index is 597. The highest BCUT2D eigenvalue weighted by molar-refractivity contribution is 7.14. The number of ether oxygens (including phenoxy) is 2. The van der Waals surface area contributed by atoms with Gasteiger partial charge < -0.3 is 9.47 Å². The SMILES string of the molecule is CCCOC1=CCC2(C=C1)OCc1cc(C(C)=O)sc12. The number of rotatable bonds is 4. The molecule has 3 nitrogen and oxygen atoms in total. The van der Waals surface area contributed by atoms with Crippen molar-refractivity contribution in [2.75, 3.05) is 6.61 Å². The second-order valence-corrected chi connectivity index (χ2v) is 6.24. The summed E-state index contributed by atoms with van der Waals surface area (Å²) in [5, 5.41) is 0. The molecular formula is C16H18O3S. The van der Waals surface area contributed by atoms with Crippen LogP contribution in [0, 0.1) is 0 Å². The summed E-state index contributed by atoms with van der Waals surface area (Å²) in [5.41, 5.74) is 0.767. The fourth-order valence-electron chi connectivity index (χ4n) is 2.55. The van der Waals surface area contributed by atoms with Gasteiger partial charge in [0, 0.05) is 11.3 Å². The summed E-state index contributed by atoms with van der Waals surface area (Å²) in [7, 11) is 0. The van der Waals surface area contributed by atoms with Crippen LogP contribution >= 0.6 is 11.3 Å². The van der Waals surface area contributed by atoms with Crippen molar-refractivity contribution >= 4 is 17.1 Å². The van der Waals surface area contributed by atoms with Gasteiger partial charge >= 0.3 is 0 Å². The molecule has 106 valence electrons. The highest BCUT2D eigenvalue weighted by atomic mass is 32.1. The molecule has 1 unspecified atom stereocenters. The highest BCUT2D eigenvalue weighted by Gasteiger charge is 2.40. The Morgan fingerprint density at radius 3 is 3.05 bits per heavy atom. The lowest BCUT2D eigenvalue weighted by atomic mass is 9.92. The van der Waals surface area contributed by atoms with Crippen LogP contribution < -0.4 is 0 Å². The van der Waals surface area contributed by atoms with Gasteiger partial charge in [-0.1, -0.05) is 6.92 Å². The average molecular weight is 290 g/mol. The van der Waals surface area contributed by atoms with Crippen LogP contribution in [0.5, 0.6) is 0 Å². The maximum atomic E-state index is 11.5. The van der Waals surface area contributed by atoms with Crippen LogP contribution in [0.25, 0.3) is 0 Å². The molecule has 1 spiro atoms. The van der Waals surface area contributed by atoms with E-state index in [1.165, 1.54) is 4.88 Å². The molecule has 1 aliphatic heterocycles. The van der Waals surface area contributed by atoms with E-state index in [4.69, 9.17) is 9.47 Å². The molecule has 3 rings (SSSR count). The Kier molecular flexibility index (Phi) is 3.52. The number of ketones is 1. The number of carbonyl (C=O) groups excluding carboxylic acids is 1. The first-order chi connectivity index (χ1) is 9.64. The first-order valence-electron chi connectivity index (χ1n) is 6.95. The minimum Gasteiger partial charge on any atom is -0.494 e. The lowest BCUT2D eigenvalue weighted by molar-refractivity contribution is 0.00230. The predicted molar refractivity (Wildman–Crippen MR) is 78.9 cm³/mol. The molecule has 1 aliphatic carbocycles. The first-order valence-corrected chi connectivity index (χ1v) is 7.76. The number of carbonyl (C=O) groups is 1. The van der Waals surface area contributed by atoms with Gasteiger partial charge in [0.15, 0.2) is 5.78 Å². The van der Waals surface area contributed by atoms with Crippen LogP contribution in [0.3, 0.4) is 0 Å². The van der Waals surface area contributed by atoms with Gasteiger partial charge in [0.2, 0.25) is 0 Å². The van der Waals surface area contributed by atoms with Gasteiger partial charge in [-0.15, -0.1) is 11.3 Å². The number of Topliss-reactive ketones (excluding diaryl/α,β-unsaturated/α-hetero) is 1. The Morgan fingerprint density at radius 2 is 2.40 bits per heavy atom. The van der Waals surface area contributed by atoms with Crippen molar-refractivity contribution in [1.29, 1.82) is 0 Å². The van der Waals surface area contributed by atoms with E-state index in [9.17, 15) is 4.79 Å². The summed E-state index contributed by atoms with van der Waals surface area (Å²) in [5.74, 6) is 1.04. The quantitative estimate of drug-likeness (QED) is 0.788. The molecule has 0 amide bonds. The second kappa shape index (κ2) is 5.19. The lowest BCUT2D eigenvalue weighted by Crippen LogP contribution is -2.23. The molecule has 2 aliphatic rings. The smallest absolute Gasteiger partial charge is 0.169 e. The zero-order chi connectivity index (χ0) is 14.2. The maximum absolute atomic E-state index is 11.5. The first kappa shape index (κ1) is 13.6. The maximum Gasteiger partial charge on any atom is 0.169 e. The van der Waals surface area contributed by atoms with Crippen LogP contribution in [0.4, 0.5) is 0 Å². The van der Waals surface area contributed by atoms with E-state index in [-0.39, 0.29) is 11.4 Å². The number of hydrogen-bond acceptors (Lipinski definition) is 4. The van der Waals surface area contributed by atoms with Gasteiger partial charge in [0.25, 0.3) is 0 Å². The molecule has 0 N–H and O–H groups in total. The van der Waals surface area contributed by atoms with Gasteiger partial charge in [0.05, 0.1) is 18.1 Å². The van der Waals surface area contributed by atoms with Crippen molar-refractivity contribution in [3.05, 3.63) is 45.4 Å². The Morgan fingerprint density at radius 1 is 1.55 bits per heavy atom. The summed E-state index contributed by atoms with van der Waals surface area (Å²) < 4.78 is 11.6. The number of allylic oxidation sites excluding steroid dienone is 1. The molecule has 4 heteroatoms. The van der Waals surface area contributed by atoms with Crippen molar-refractivity contribution in [3.63, 3.8) is 0 Å². The zero-order valence-electron chi connectivity index (χ0n) is 11.8.